The number of hydrogen-bond acceptors (Lipinski definition) is 4. The third kappa shape index (κ3) is 5.32. The zero-order valence-electron chi connectivity index (χ0n) is 18.1. The molecule has 1 heterocycles. The van der Waals surface area contributed by atoms with Gasteiger partial charge in [-0.3, -0.25) is 9.59 Å². The number of carbonyl (C=O) groups is 2. The molecule has 0 saturated carbocycles. The van der Waals surface area contributed by atoms with Crippen LogP contribution in [-0.2, 0) is 11.2 Å². The van der Waals surface area contributed by atoms with Gasteiger partial charge in [0.25, 0.3) is 11.8 Å². The number of rotatable bonds is 6. The first-order valence-electron chi connectivity index (χ1n) is 10.5. The monoisotopic (exact) mass is 409 g/mol. The number of aryl methyl sites for hydroxylation is 1. The molecule has 6 nitrogen and oxygen atoms in total. The van der Waals surface area contributed by atoms with Crippen molar-refractivity contribution in [3.8, 4) is 5.75 Å². The molecule has 3 rings (SSSR count). The number of hydrogen-bond donors (Lipinski definition) is 0. The van der Waals surface area contributed by atoms with Crippen LogP contribution in [0.1, 0.15) is 29.3 Å². The van der Waals surface area contributed by atoms with E-state index in [4.69, 9.17) is 4.74 Å². The van der Waals surface area contributed by atoms with E-state index in [1.807, 2.05) is 72.4 Å². The van der Waals surface area contributed by atoms with Gasteiger partial charge in [0.05, 0.1) is 0 Å². The number of para-hydroxylation sites is 1. The molecule has 160 valence electrons. The molecule has 1 aliphatic rings. The second-order valence-electron chi connectivity index (χ2n) is 7.72. The van der Waals surface area contributed by atoms with Crippen LogP contribution in [0.25, 0.3) is 0 Å². The van der Waals surface area contributed by atoms with Crippen LogP contribution in [0, 0.1) is 0 Å². The Morgan fingerprint density at radius 3 is 2.30 bits per heavy atom. The third-order valence-corrected chi connectivity index (χ3v) is 5.47. The molecule has 0 unspecified atom stereocenters. The summed E-state index contributed by atoms with van der Waals surface area (Å²) >= 11 is 0. The first-order valence-corrected chi connectivity index (χ1v) is 10.5. The minimum Gasteiger partial charge on any atom is -0.483 e. The van der Waals surface area contributed by atoms with E-state index >= 15 is 0 Å². The van der Waals surface area contributed by atoms with Gasteiger partial charge in [-0.05, 0) is 48.7 Å². The van der Waals surface area contributed by atoms with Gasteiger partial charge in [-0.1, -0.05) is 25.1 Å². The third-order valence-electron chi connectivity index (χ3n) is 5.47. The number of ether oxygens (including phenoxy) is 1. The molecule has 0 aromatic heterocycles. The van der Waals surface area contributed by atoms with E-state index in [-0.39, 0.29) is 18.4 Å². The molecule has 1 fully saturated rings. The summed E-state index contributed by atoms with van der Waals surface area (Å²) in [6.45, 7) is 4.44. The van der Waals surface area contributed by atoms with Crippen LogP contribution in [0.5, 0.6) is 5.75 Å². The van der Waals surface area contributed by atoms with Crippen molar-refractivity contribution < 1.29 is 14.3 Å². The Hall–Kier alpha value is -3.02. The van der Waals surface area contributed by atoms with Crippen LogP contribution in [-0.4, -0.2) is 68.5 Å². The number of carbonyl (C=O) groups excluding carboxylic acids is 2. The Labute approximate surface area is 179 Å². The molecule has 0 N–H and O–H groups in total. The van der Waals surface area contributed by atoms with Gasteiger partial charge in [0, 0.05) is 51.5 Å². The Morgan fingerprint density at radius 2 is 1.60 bits per heavy atom. The van der Waals surface area contributed by atoms with Gasteiger partial charge in [-0.2, -0.15) is 0 Å². The fourth-order valence-corrected chi connectivity index (χ4v) is 3.62. The highest BCUT2D eigenvalue weighted by atomic mass is 16.5. The van der Waals surface area contributed by atoms with Crippen molar-refractivity contribution in [2.75, 3.05) is 51.8 Å². The highest BCUT2D eigenvalue weighted by Gasteiger charge is 2.23. The molecule has 1 aliphatic heterocycles. The SMILES string of the molecule is CCc1ccccc1OCC(=O)N1CCCN(C(=O)c2ccc(N(C)C)cc2)CC1. The highest BCUT2D eigenvalue weighted by molar-refractivity contribution is 5.94. The molecule has 30 heavy (non-hydrogen) atoms. The maximum Gasteiger partial charge on any atom is 0.260 e. The van der Waals surface area contributed by atoms with E-state index in [2.05, 4.69) is 6.92 Å². The predicted molar refractivity (Wildman–Crippen MR) is 119 cm³/mol. The normalized spacial score (nSPS) is 14.2. The lowest BCUT2D eigenvalue weighted by atomic mass is 10.1. The van der Waals surface area contributed by atoms with Crippen LogP contribution in [0.3, 0.4) is 0 Å². The van der Waals surface area contributed by atoms with Crippen molar-refractivity contribution >= 4 is 17.5 Å². The number of anilines is 1. The molecule has 2 amide bonds. The Kier molecular flexibility index (Phi) is 7.33. The second kappa shape index (κ2) is 10.1. The Morgan fingerprint density at radius 1 is 0.933 bits per heavy atom. The van der Waals surface area contributed by atoms with Gasteiger partial charge in [-0.25, -0.2) is 0 Å². The maximum absolute atomic E-state index is 12.9. The van der Waals surface area contributed by atoms with Gasteiger partial charge in [0.2, 0.25) is 0 Å². The van der Waals surface area contributed by atoms with E-state index < -0.39 is 0 Å². The van der Waals surface area contributed by atoms with Crippen LogP contribution < -0.4 is 9.64 Å². The molecule has 2 aromatic carbocycles. The average Bonchev–Trinajstić information content (AvgIpc) is 3.03. The molecule has 0 bridgehead atoms. The fourth-order valence-electron chi connectivity index (χ4n) is 3.62. The number of nitrogens with zero attached hydrogens (tertiary/aromatic N) is 3. The molecule has 0 aliphatic carbocycles. The summed E-state index contributed by atoms with van der Waals surface area (Å²) in [5.41, 5.74) is 2.84. The van der Waals surface area contributed by atoms with Crippen LogP contribution in [0.2, 0.25) is 0 Å². The first-order chi connectivity index (χ1) is 14.5. The quantitative estimate of drug-likeness (QED) is 0.736. The lowest BCUT2D eigenvalue weighted by Gasteiger charge is -2.23. The predicted octanol–water partition coefficient (Wildman–Crippen LogP) is 3.07. The van der Waals surface area contributed by atoms with Crippen LogP contribution >= 0.6 is 0 Å². The summed E-state index contributed by atoms with van der Waals surface area (Å²) in [5, 5.41) is 0. The van der Waals surface area contributed by atoms with E-state index in [0.717, 1.165) is 29.8 Å². The summed E-state index contributed by atoms with van der Waals surface area (Å²) in [6, 6.07) is 15.4. The van der Waals surface area contributed by atoms with Crippen LogP contribution in [0.15, 0.2) is 48.5 Å². The topological polar surface area (TPSA) is 53.1 Å². The Balaban J connectivity index is 1.55. The zero-order chi connectivity index (χ0) is 21.5. The molecule has 2 aromatic rings. The smallest absolute Gasteiger partial charge is 0.260 e. The Bertz CT molecular complexity index is 864. The van der Waals surface area contributed by atoms with Crippen molar-refractivity contribution in [2.45, 2.75) is 19.8 Å². The molecule has 0 atom stereocenters. The lowest BCUT2D eigenvalue weighted by molar-refractivity contribution is -0.133. The van der Waals surface area contributed by atoms with Gasteiger partial charge in [0.15, 0.2) is 6.61 Å². The average molecular weight is 410 g/mol. The summed E-state index contributed by atoms with van der Waals surface area (Å²) in [7, 11) is 3.95. The fraction of sp³-hybridized carbons (Fsp3) is 0.417. The van der Waals surface area contributed by atoms with Gasteiger partial charge in [-0.15, -0.1) is 0 Å². The maximum atomic E-state index is 12.9. The van der Waals surface area contributed by atoms with Gasteiger partial charge >= 0.3 is 0 Å². The molecule has 0 radical (unpaired) electrons. The first kappa shape index (κ1) is 21.7. The van der Waals surface area contributed by atoms with E-state index in [1.165, 1.54) is 0 Å². The van der Waals surface area contributed by atoms with Crippen molar-refractivity contribution in [1.82, 2.24) is 9.80 Å². The van der Waals surface area contributed by atoms with Crippen LogP contribution in [0.4, 0.5) is 5.69 Å². The number of benzene rings is 2. The molecule has 1 saturated heterocycles. The largest absolute Gasteiger partial charge is 0.483 e. The number of amides is 2. The zero-order valence-corrected chi connectivity index (χ0v) is 18.1. The minimum atomic E-state index is -0.0365. The summed E-state index contributed by atoms with van der Waals surface area (Å²) < 4.78 is 5.78. The summed E-state index contributed by atoms with van der Waals surface area (Å²) in [5.74, 6) is 0.745. The molecule has 0 spiro atoms. The van der Waals surface area contributed by atoms with Crippen molar-refractivity contribution in [3.05, 3.63) is 59.7 Å². The van der Waals surface area contributed by atoms with Crippen molar-refractivity contribution in [2.24, 2.45) is 0 Å². The van der Waals surface area contributed by atoms with Gasteiger partial charge in [0.1, 0.15) is 5.75 Å². The van der Waals surface area contributed by atoms with Crippen molar-refractivity contribution in [1.29, 1.82) is 0 Å². The minimum absolute atomic E-state index is 0.0164. The van der Waals surface area contributed by atoms with E-state index in [9.17, 15) is 9.59 Å². The summed E-state index contributed by atoms with van der Waals surface area (Å²) in [4.78, 5) is 31.2. The van der Waals surface area contributed by atoms with E-state index in [0.29, 0.717) is 31.7 Å². The molecule has 6 heteroatoms. The van der Waals surface area contributed by atoms with Gasteiger partial charge < -0.3 is 19.4 Å². The van der Waals surface area contributed by atoms with Crippen molar-refractivity contribution in [3.63, 3.8) is 0 Å². The molecular weight excluding hydrogens is 378 g/mol. The summed E-state index contributed by atoms with van der Waals surface area (Å²) in [6.07, 6.45) is 1.62. The highest BCUT2D eigenvalue weighted by Crippen LogP contribution is 2.19. The standard InChI is InChI=1S/C24H31N3O3/c1-4-19-8-5-6-9-22(19)30-18-23(28)26-14-7-15-27(17-16-26)24(29)20-10-12-21(13-11-20)25(2)3/h5-6,8-13H,4,7,14-18H2,1-3H3. The lowest BCUT2D eigenvalue weighted by Crippen LogP contribution is -2.39. The van der Waals surface area contributed by atoms with E-state index in [1.54, 1.807) is 4.90 Å². The molecular formula is C24H31N3O3. The second-order valence-corrected chi connectivity index (χ2v) is 7.72.